The highest BCUT2D eigenvalue weighted by molar-refractivity contribution is 5.75. The fraction of sp³-hybridized carbons (Fsp3) is 0.520. The van der Waals surface area contributed by atoms with E-state index in [1.165, 1.54) is 18.4 Å². The lowest BCUT2D eigenvalue weighted by Gasteiger charge is -2.46. The molecule has 0 saturated heterocycles. The van der Waals surface area contributed by atoms with Gasteiger partial charge in [0.15, 0.2) is 0 Å². The van der Waals surface area contributed by atoms with Crippen molar-refractivity contribution < 1.29 is 14.3 Å². The lowest BCUT2D eigenvalue weighted by atomic mass is 9.67. The molecule has 2 atom stereocenters. The third-order valence-corrected chi connectivity index (χ3v) is 6.55. The zero-order valence-electron chi connectivity index (χ0n) is 17.5. The van der Waals surface area contributed by atoms with Crippen LogP contribution in [0.15, 0.2) is 40.5 Å². The van der Waals surface area contributed by atoms with Crippen LogP contribution in [0.25, 0.3) is 11.3 Å². The fourth-order valence-electron chi connectivity index (χ4n) is 5.07. The summed E-state index contributed by atoms with van der Waals surface area (Å²) in [6.07, 6.45) is 10.6. The largest absolute Gasteiger partial charge is 0.507 e. The Morgan fingerprint density at radius 3 is 2.79 bits per heavy atom. The van der Waals surface area contributed by atoms with E-state index in [4.69, 9.17) is 9.15 Å². The maximum absolute atomic E-state index is 11.5. The van der Waals surface area contributed by atoms with Crippen molar-refractivity contribution in [3.8, 4) is 22.8 Å². The van der Waals surface area contributed by atoms with Gasteiger partial charge < -0.3 is 14.3 Å². The number of phenolic OH excluding ortho intramolecular Hbond substituents is 1. The van der Waals surface area contributed by atoms with Gasteiger partial charge in [-0.1, -0.05) is 31.4 Å². The zero-order chi connectivity index (χ0) is 19.9. The van der Waals surface area contributed by atoms with E-state index in [9.17, 15) is 5.11 Å². The van der Waals surface area contributed by atoms with Crippen LogP contribution in [-0.2, 0) is 6.42 Å². The van der Waals surface area contributed by atoms with Crippen LogP contribution >= 0.6 is 0 Å². The molecule has 150 valence electrons. The van der Waals surface area contributed by atoms with Gasteiger partial charge in [-0.05, 0) is 70.2 Å². The summed E-state index contributed by atoms with van der Waals surface area (Å²) in [5.74, 6) is 2.48. The minimum atomic E-state index is -0.242. The number of hydrogen-bond donors (Lipinski definition) is 1. The Balaban J connectivity index is 1.89. The van der Waals surface area contributed by atoms with E-state index < -0.39 is 0 Å². The summed E-state index contributed by atoms with van der Waals surface area (Å²) in [5.41, 5.74) is 4.06. The third kappa shape index (κ3) is 3.25. The molecular formula is C25H32O3. The lowest BCUT2D eigenvalue weighted by Crippen LogP contribution is -2.45. The maximum atomic E-state index is 11.5. The molecule has 1 aromatic carbocycles. The summed E-state index contributed by atoms with van der Waals surface area (Å²) in [7, 11) is 0. The molecule has 0 fully saturated rings. The number of furan rings is 1. The predicted octanol–water partition coefficient (Wildman–Crippen LogP) is 7.00. The fourth-order valence-corrected chi connectivity index (χ4v) is 5.07. The Bertz CT molecular complexity index is 874. The Morgan fingerprint density at radius 2 is 2.07 bits per heavy atom. The predicted molar refractivity (Wildman–Crippen MR) is 113 cm³/mol. The van der Waals surface area contributed by atoms with Crippen molar-refractivity contribution >= 4 is 0 Å². The molecule has 0 spiro atoms. The van der Waals surface area contributed by atoms with E-state index in [2.05, 4.69) is 39.8 Å². The number of fused-ring (bicyclic) bond motifs is 3. The first-order valence-corrected chi connectivity index (χ1v) is 10.7. The van der Waals surface area contributed by atoms with Crippen LogP contribution in [0.4, 0.5) is 0 Å². The van der Waals surface area contributed by atoms with E-state index in [1.807, 2.05) is 12.1 Å². The van der Waals surface area contributed by atoms with Crippen molar-refractivity contribution in [1.29, 1.82) is 0 Å². The third-order valence-electron chi connectivity index (χ3n) is 6.55. The van der Waals surface area contributed by atoms with Gasteiger partial charge in [-0.2, -0.15) is 0 Å². The summed E-state index contributed by atoms with van der Waals surface area (Å²) in [6, 6.07) is 5.99. The first-order valence-electron chi connectivity index (χ1n) is 10.7. The molecule has 0 bridgehead atoms. The molecule has 0 unspecified atom stereocenters. The minimum Gasteiger partial charge on any atom is -0.507 e. The summed E-state index contributed by atoms with van der Waals surface area (Å²) in [5, 5.41) is 11.5. The molecule has 1 aromatic heterocycles. The van der Waals surface area contributed by atoms with E-state index in [0.717, 1.165) is 53.9 Å². The Hall–Kier alpha value is -2.16. The number of aromatic hydroxyl groups is 1. The molecule has 2 aliphatic rings. The number of hydrogen-bond acceptors (Lipinski definition) is 3. The van der Waals surface area contributed by atoms with E-state index in [1.54, 1.807) is 6.26 Å². The monoisotopic (exact) mass is 380 g/mol. The number of ether oxygens (including phenoxy) is 1. The molecule has 3 heteroatoms. The van der Waals surface area contributed by atoms with Crippen molar-refractivity contribution in [3.63, 3.8) is 0 Å². The maximum Gasteiger partial charge on any atom is 0.137 e. The lowest BCUT2D eigenvalue weighted by molar-refractivity contribution is 0.0107. The van der Waals surface area contributed by atoms with E-state index >= 15 is 0 Å². The SMILES string of the molecule is CCCCCc1cc2c(c(O)c1-c1ccco1)[C@@H]1C=C(C)CC[C@H]1C(C)(C)O2. The second-order valence-electron chi connectivity index (χ2n) is 8.99. The Labute approximate surface area is 168 Å². The van der Waals surface area contributed by atoms with Gasteiger partial charge in [0.05, 0.1) is 11.8 Å². The molecule has 1 aliphatic carbocycles. The molecule has 2 heterocycles. The first-order chi connectivity index (χ1) is 13.4. The molecule has 2 aromatic rings. The Kier molecular flexibility index (Phi) is 5.03. The highest BCUT2D eigenvalue weighted by Crippen LogP contribution is 2.56. The van der Waals surface area contributed by atoms with Gasteiger partial charge in [0.1, 0.15) is 22.9 Å². The van der Waals surface area contributed by atoms with Crippen molar-refractivity contribution in [3.05, 3.63) is 47.2 Å². The second kappa shape index (κ2) is 7.35. The van der Waals surface area contributed by atoms with Gasteiger partial charge >= 0.3 is 0 Å². The molecule has 1 aliphatic heterocycles. The van der Waals surface area contributed by atoms with Crippen LogP contribution in [-0.4, -0.2) is 10.7 Å². The summed E-state index contributed by atoms with van der Waals surface area (Å²) in [4.78, 5) is 0. The number of allylic oxidation sites excluding steroid dienone is 2. The zero-order valence-corrected chi connectivity index (χ0v) is 17.5. The van der Waals surface area contributed by atoms with Gasteiger partial charge in [0, 0.05) is 17.4 Å². The number of benzene rings is 1. The normalized spacial score (nSPS) is 22.8. The van der Waals surface area contributed by atoms with Gasteiger partial charge in [-0.25, -0.2) is 0 Å². The summed E-state index contributed by atoms with van der Waals surface area (Å²) < 4.78 is 12.2. The van der Waals surface area contributed by atoms with Crippen LogP contribution in [0.5, 0.6) is 11.5 Å². The molecular weight excluding hydrogens is 348 g/mol. The number of rotatable bonds is 5. The van der Waals surface area contributed by atoms with Gasteiger partial charge in [-0.3, -0.25) is 0 Å². The van der Waals surface area contributed by atoms with Gasteiger partial charge in [0.2, 0.25) is 0 Å². The van der Waals surface area contributed by atoms with Crippen LogP contribution in [0, 0.1) is 5.92 Å². The smallest absolute Gasteiger partial charge is 0.137 e. The average molecular weight is 381 g/mol. The molecule has 4 rings (SSSR count). The minimum absolute atomic E-state index is 0.186. The topological polar surface area (TPSA) is 42.6 Å². The number of unbranched alkanes of at least 4 members (excludes halogenated alkanes) is 2. The quantitative estimate of drug-likeness (QED) is 0.449. The first kappa shape index (κ1) is 19.2. The molecule has 0 amide bonds. The van der Waals surface area contributed by atoms with Crippen LogP contribution in [0.3, 0.4) is 0 Å². The molecule has 1 N–H and O–H groups in total. The number of aryl methyl sites for hydroxylation is 1. The van der Waals surface area contributed by atoms with E-state index in [0.29, 0.717) is 11.7 Å². The van der Waals surface area contributed by atoms with Crippen molar-refractivity contribution in [1.82, 2.24) is 0 Å². The van der Waals surface area contributed by atoms with Crippen molar-refractivity contribution in [2.75, 3.05) is 0 Å². The summed E-state index contributed by atoms with van der Waals surface area (Å²) >= 11 is 0. The van der Waals surface area contributed by atoms with Crippen LogP contribution in [0.1, 0.15) is 76.8 Å². The highest BCUT2D eigenvalue weighted by atomic mass is 16.5. The molecule has 0 radical (unpaired) electrons. The van der Waals surface area contributed by atoms with Crippen molar-refractivity contribution in [2.24, 2.45) is 5.92 Å². The number of phenols is 1. The van der Waals surface area contributed by atoms with Gasteiger partial charge in [-0.15, -0.1) is 0 Å². The standard InChI is InChI=1S/C25H32O3/c1-5-6-7-9-17-15-21-23(24(26)22(17)20-10-8-13-27-20)18-14-16(2)11-12-19(18)25(3,4)28-21/h8,10,13-15,18-19,26H,5-7,9,11-12H2,1-4H3/t18-,19-/m1/s1. The van der Waals surface area contributed by atoms with Crippen molar-refractivity contribution in [2.45, 2.75) is 77.7 Å². The molecule has 0 saturated carbocycles. The molecule has 3 nitrogen and oxygen atoms in total. The van der Waals surface area contributed by atoms with Crippen LogP contribution < -0.4 is 4.74 Å². The second-order valence-corrected chi connectivity index (χ2v) is 8.99. The molecule has 28 heavy (non-hydrogen) atoms. The Morgan fingerprint density at radius 1 is 1.25 bits per heavy atom. The van der Waals surface area contributed by atoms with Crippen LogP contribution in [0.2, 0.25) is 0 Å². The van der Waals surface area contributed by atoms with E-state index in [-0.39, 0.29) is 11.5 Å². The highest BCUT2D eigenvalue weighted by Gasteiger charge is 2.46. The van der Waals surface area contributed by atoms with Gasteiger partial charge in [0.25, 0.3) is 0 Å². The average Bonchev–Trinajstić information content (AvgIpc) is 3.15. The summed E-state index contributed by atoms with van der Waals surface area (Å²) in [6.45, 7) is 8.79.